The zero-order valence-electron chi connectivity index (χ0n) is 12.3. The zero-order chi connectivity index (χ0) is 13.3. The number of carbonyl (C=O) groups excluding carboxylic acids is 1. The number of hydrogen-bond acceptors (Lipinski definition) is 2. The lowest BCUT2D eigenvalue weighted by molar-refractivity contribution is -0.136. The van der Waals surface area contributed by atoms with Crippen LogP contribution in [0.1, 0.15) is 66.2 Å². The summed E-state index contributed by atoms with van der Waals surface area (Å²) in [4.78, 5) is 14.6. The molecule has 1 amide bonds. The summed E-state index contributed by atoms with van der Waals surface area (Å²) in [7, 11) is 0. The molecule has 18 heavy (non-hydrogen) atoms. The highest BCUT2D eigenvalue weighted by molar-refractivity contribution is 5.84. The van der Waals surface area contributed by atoms with Gasteiger partial charge in [0.05, 0.1) is 12.2 Å². The summed E-state index contributed by atoms with van der Waals surface area (Å²) in [6, 6.07) is 0.423. The van der Waals surface area contributed by atoms with Crippen molar-refractivity contribution in [2.24, 2.45) is 5.41 Å². The van der Waals surface area contributed by atoms with E-state index < -0.39 is 0 Å². The Labute approximate surface area is 111 Å². The minimum absolute atomic E-state index is 0.000670. The van der Waals surface area contributed by atoms with Crippen LogP contribution < -0.4 is 5.32 Å². The van der Waals surface area contributed by atoms with Crippen molar-refractivity contribution in [1.82, 2.24) is 10.2 Å². The molecule has 3 unspecified atom stereocenters. The Balaban J connectivity index is 2.19. The Morgan fingerprint density at radius 3 is 2.72 bits per heavy atom. The topological polar surface area (TPSA) is 32.3 Å². The van der Waals surface area contributed by atoms with E-state index in [1.165, 1.54) is 25.7 Å². The summed E-state index contributed by atoms with van der Waals surface area (Å²) in [6.07, 6.45) is 7.46. The lowest BCUT2D eigenvalue weighted by Crippen LogP contribution is -2.52. The van der Waals surface area contributed by atoms with Gasteiger partial charge in [0.2, 0.25) is 5.91 Å². The van der Waals surface area contributed by atoms with Crippen LogP contribution in [0.25, 0.3) is 0 Å². The van der Waals surface area contributed by atoms with Crippen molar-refractivity contribution in [3.05, 3.63) is 0 Å². The number of hydrogen-bond donors (Lipinski definition) is 1. The average Bonchev–Trinajstić information content (AvgIpc) is 2.56. The number of nitrogens with zero attached hydrogens (tertiary/aromatic N) is 1. The average molecular weight is 252 g/mol. The van der Waals surface area contributed by atoms with Gasteiger partial charge in [-0.15, -0.1) is 0 Å². The highest BCUT2D eigenvalue weighted by atomic mass is 16.2. The molecular weight excluding hydrogens is 224 g/mol. The van der Waals surface area contributed by atoms with Gasteiger partial charge in [-0.2, -0.15) is 0 Å². The molecular formula is C15H28N2O. The zero-order valence-corrected chi connectivity index (χ0v) is 12.3. The molecule has 3 nitrogen and oxygen atoms in total. The Morgan fingerprint density at radius 1 is 1.39 bits per heavy atom. The van der Waals surface area contributed by atoms with Crippen molar-refractivity contribution in [2.75, 3.05) is 0 Å². The van der Waals surface area contributed by atoms with Crippen LogP contribution in [0.15, 0.2) is 0 Å². The van der Waals surface area contributed by atoms with Gasteiger partial charge in [0.1, 0.15) is 0 Å². The molecule has 1 aliphatic carbocycles. The summed E-state index contributed by atoms with van der Waals surface area (Å²) < 4.78 is 0. The maximum absolute atomic E-state index is 12.4. The Kier molecular flexibility index (Phi) is 4.00. The predicted molar refractivity (Wildman–Crippen MR) is 74.2 cm³/mol. The van der Waals surface area contributed by atoms with Gasteiger partial charge >= 0.3 is 0 Å². The molecule has 1 aliphatic heterocycles. The second-order valence-electron chi connectivity index (χ2n) is 6.69. The van der Waals surface area contributed by atoms with E-state index >= 15 is 0 Å². The molecule has 0 aromatic heterocycles. The number of carbonyl (C=O) groups is 1. The normalized spacial score (nSPS) is 36.1. The summed E-state index contributed by atoms with van der Waals surface area (Å²) in [5.41, 5.74) is 0.269. The van der Waals surface area contributed by atoms with Crippen LogP contribution in [0.3, 0.4) is 0 Å². The van der Waals surface area contributed by atoms with Crippen LogP contribution in [0.5, 0.6) is 0 Å². The van der Waals surface area contributed by atoms with Crippen molar-refractivity contribution < 1.29 is 4.79 Å². The largest absolute Gasteiger partial charge is 0.322 e. The Hall–Kier alpha value is -0.570. The Bertz CT molecular complexity index is 314. The SMILES string of the molecule is CCCC1NC(C)C(=O)N1C1CCCCC1(C)C. The quantitative estimate of drug-likeness (QED) is 0.837. The van der Waals surface area contributed by atoms with Gasteiger partial charge in [-0.25, -0.2) is 0 Å². The third-order valence-electron chi connectivity index (χ3n) is 4.75. The molecule has 1 heterocycles. The van der Waals surface area contributed by atoms with E-state index in [4.69, 9.17) is 0 Å². The fourth-order valence-corrected chi connectivity index (χ4v) is 3.68. The van der Waals surface area contributed by atoms with Crippen molar-refractivity contribution in [3.8, 4) is 0 Å². The molecule has 1 saturated heterocycles. The lowest BCUT2D eigenvalue weighted by atomic mass is 9.72. The number of rotatable bonds is 3. The summed E-state index contributed by atoms with van der Waals surface area (Å²) in [5, 5.41) is 3.47. The third-order valence-corrected chi connectivity index (χ3v) is 4.75. The van der Waals surface area contributed by atoms with Crippen LogP contribution in [0, 0.1) is 5.41 Å². The van der Waals surface area contributed by atoms with Crippen LogP contribution in [0.2, 0.25) is 0 Å². The summed E-state index contributed by atoms with van der Waals surface area (Å²) in [6.45, 7) is 8.85. The first kappa shape index (κ1) is 13.9. The third kappa shape index (κ3) is 2.42. The van der Waals surface area contributed by atoms with Gasteiger partial charge in [0, 0.05) is 6.04 Å². The fraction of sp³-hybridized carbons (Fsp3) is 0.933. The molecule has 1 N–H and O–H groups in total. The first-order valence-corrected chi connectivity index (χ1v) is 7.55. The molecule has 2 rings (SSSR count). The van der Waals surface area contributed by atoms with Gasteiger partial charge in [-0.3, -0.25) is 10.1 Å². The van der Waals surface area contributed by atoms with Gasteiger partial charge in [-0.1, -0.05) is 40.0 Å². The van der Waals surface area contributed by atoms with E-state index in [1.54, 1.807) is 0 Å². The van der Waals surface area contributed by atoms with Crippen LogP contribution in [0.4, 0.5) is 0 Å². The highest BCUT2D eigenvalue weighted by Gasteiger charge is 2.45. The van der Waals surface area contributed by atoms with E-state index in [9.17, 15) is 4.79 Å². The molecule has 0 aromatic carbocycles. The molecule has 0 bridgehead atoms. The summed E-state index contributed by atoms with van der Waals surface area (Å²) >= 11 is 0. The monoisotopic (exact) mass is 252 g/mol. The lowest BCUT2D eigenvalue weighted by Gasteiger charge is -2.45. The second kappa shape index (κ2) is 5.20. The van der Waals surface area contributed by atoms with E-state index in [-0.39, 0.29) is 17.6 Å². The molecule has 0 spiro atoms. The minimum atomic E-state index is -0.000670. The molecule has 3 atom stereocenters. The smallest absolute Gasteiger partial charge is 0.240 e. The van der Waals surface area contributed by atoms with Gasteiger partial charge in [-0.05, 0) is 31.6 Å². The van der Waals surface area contributed by atoms with E-state index in [2.05, 4.69) is 31.0 Å². The number of amides is 1. The fourth-order valence-electron chi connectivity index (χ4n) is 3.68. The van der Waals surface area contributed by atoms with Crippen molar-refractivity contribution >= 4 is 5.91 Å². The number of nitrogens with one attached hydrogen (secondary N) is 1. The van der Waals surface area contributed by atoms with Crippen LogP contribution >= 0.6 is 0 Å². The van der Waals surface area contributed by atoms with E-state index in [1.807, 2.05) is 6.92 Å². The van der Waals surface area contributed by atoms with Gasteiger partial charge in [0.25, 0.3) is 0 Å². The minimum Gasteiger partial charge on any atom is -0.322 e. The van der Waals surface area contributed by atoms with Crippen molar-refractivity contribution in [2.45, 2.75) is 84.5 Å². The molecule has 0 radical (unpaired) electrons. The molecule has 2 aliphatic rings. The maximum atomic E-state index is 12.4. The van der Waals surface area contributed by atoms with E-state index in [0.29, 0.717) is 11.9 Å². The maximum Gasteiger partial charge on any atom is 0.240 e. The standard InChI is InChI=1S/C15H28N2O/c1-5-8-13-16-11(2)14(18)17(13)12-9-6-7-10-15(12,3)4/h11-13,16H,5-10H2,1-4H3. The second-order valence-corrected chi connectivity index (χ2v) is 6.69. The highest BCUT2D eigenvalue weighted by Crippen LogP contribution is 2.40. The first-order chi connectivity index (χ1) is 8.47. The molecule has 2 fully saturated rings. The van der Waals surface area contributed by atoms with Gasteiger partial charge in [0.15, 0.2) is 0 Å². The van der Waals surface area contributed by atoms with E-state index in [0.717, 1.165) is 12.8 Å². The predicted octanol–water partition coefficient (Wildman–Crippen LogP) is 2.90. The van der Waals surface area contributed by atoms with Crippen molar-refractivity contribution in [3.63, 3.8) is 0 Å². The van der Waals surface area contributed by atoms with Crippen LogP contribution in [-0.4, -0.2) is 29.1 Å². The van der Waals surface area contributed by atoms with Crippen molar-refractivity contribution in [1.29, 1.82) is 0 Å². The molecule has 3 heteroatoms. The molecule has 1 saturated carbocycles. The summed E-state index contributed by atoms with van der Waals surface area (Å²) in [5.74, 6) is 0.313. The Morgan fingerprint density at radius 2 is 2.11 bits per heavy atom. The van der Waals surface area contributed by atoms with Crippen LogP contribution in [-0.2, 0) is 4.79 Å². The van der Waals surface area contributed by atoms with Gasteiger partial charge < -0.3 is 4.90 Å². The molecule has 0 aromatic rings. The first-order valence-electron chi connectivity index (χ1n) is 7.55. The molecule has 104 valence electrons.